The zero-order chi connectivity index (χ0) is 23.3. The fraction of sp³-hybridized carbons (Fsp3) is 0.933. The van der Waals surface area contributed by atoms with Gasteiger partial charge in [0.05, 0.1) is 6.10 Å². The van der Waals surface area contributed by atoms with Crippen molar-refractivity contribution in [2.75, 3.05) is 6.61 Å². The lowest BCUT2D eigenvalue weighted by molar-refractivity contribution is -0.205. The first-order valence-electron chi connectivity index (χ1n) is 13.9. The Hall–Kier alpha value is -0.340. The summed E-state index contributed by atoms with van der Waals surface area (Å²) in [7, 11) is 0. The summed E-state index contributed by atoms with van der Waals surface area (Å²) in [6.07, 6.45) is 13.4. The monoisotopic (exact) mass is 442 g/mol. The van der Waals surface area contributed by atoms with Gasteiger partial charge in [0.1, 0.15) is 0 Å². The Balaban J connectivity index is 1.59. The van der Waals surface area contributed by atoms with Crippen LogP contribution in [0.1, 0.15) is 106 Å². The van der Waals surface area contributed by atoms with Crippen LogP contribution in [0.2, 0.25) is 0 Å². The van der Waals surface area contributed by atoms with E-state index in [0.29, 0.717) is 41.1 Å². The summed E-state index contributed by atoms with van der Waals surface area (Å²) < 4.78 is 0. The van der Waals surface area contributed by atoms with Crippen molar-refractivity contribution in [2.45, 2.75) is 112 Å². The normalized spacial score (nSPS) is 56.8. The van der Waals surface area contributed by atoms with Crippen LogP contribution < -0.4 is 0 Å². The molecule has 182 valence electrons. The average Bonchev–Trinajstić information content (AvgIpc) is 2.74. The number of aliphatic hydroxyl groups excluding tert-OH is 2. The number of allylic oxidation sites excluding steroid dienone is 2. The molecule has 0 amide bonds. The fourth-order valence-corrected chi connectivity index (χ4v) is 10.9. The van der Waals surface area contributed by atoms with Gasteiger partial charge >= 0.3 is 0 Å². The zero-order valence-corrected chi connectivity index (χ0v) is 22.0. The van der Waals surface area contributed by atoms with Crippen LogP contribution in [0.15, 0.2) is 11.6 Å². The Labute approximate surface area is 197 Å². The Kier molecular flexibility index (Phi) is 5.19. The lowest BCUT2D eigenvalue weighted by Crippen LogP contribution is -2.65. The summed E-state index contributed by atoms with van der Waals surface area (Å²) in [5, 5.41) is 21.6. The van der Waals surface area contributed by atoms with Crippen LogP contribution in [-0.2, 0) is 0 Å². The minimum atomic E-state index is -0.153. The summed E-state index contributed by atoms with van der Waals surface area (Å²) in [4.78, 5) is 0. The lowest BCUT2D eigenvalue weighted by Gasteiger charge is -2.71. The van der Waals surface area contributed by atoms with E-state index in [0.717, 1.165) is 12.3 Å². The van der Waals surface area contributed by atoms with E-state index >= 15 is 0 Å². The van der Waals surface area contributed by atoms with E-state index < -0.39 is 0 Å². The van der Waals surface area contributed by atoms with Gasteiger partial charge in [-0.15, -0.1) is 0 Å². The molecular formula is C30H50O2. The maximum atomic E-state index is 10.9. The molecule has 0 aliphatic heterocycles. The smallest absolute Gasteiger partial charge is 0.0594 e. The SMILES string of the molecule is C[C@H]1[C@H](C)CC[C@]2(CO)CC[C@]3(C)C(=CC[C@@H]4[C@@]5(C)CC[C@@H](O)C(C)(C)[C@H]5CC[C@]43C)[C@@H]12. The Bertz CT molecular complexity index is 799. The number of hydrogen-bond donors (Lipinski definition) is 2. The van der Waals surface area contributed by atoms with Crippen LogP contribution >= 0.6 is 0 Å². The first-order valence-corrected chi connectivity index (χ1v) is 13.9. The molecule has 32 heavy (non-hydrogen) atoms. The van der Waals surface area contributed by atoms with Crippen LogP contribution in [0.3, 0.4) is 0 Å². The molecular weight excluding hydrogens is 392 g/mol. The molecule has 0 aromatic carbocycles. The molecule has 5 rings (SSSR count). The molecule has 0 bridgehead atoms. The number of fused-ring (bicyclic) bond motifs is 7. The van der Waals surface area contributed by atoms with Crippen molar-refractivity contribution in [2.24, 2.45) is 56.7 Å². The molecule has 0 unspecified atom stereocenters. The second-order valence-electron chi connectivity index (χ2n) is 14.5. The van der Waals surface area contributed by atoms with Crippen molar-refractivity contribution in [3.63, 3.8) is 0 Å². The van der Waals surface area contributed by atoms with E-state index in [1.54, 1.807) is 5.57 Å². The minimum absolute atomic E-state index is 0.0190. The van der Waals surface area contributed by atoms with E-state index in [2.05, 4.69) is 54.5 Å². The van der Waals surface area contributed by atoms with Gasteiger partial charge in [-0.05, 0) is 109 Å². The highest BCUT2D eigenvalue weighted by molar-refractivity contribution is 5.34. The third-order valence-corrected chi connectivity index (χ3v) is 13.5. The van der Waals surface area contributed by atoms with Crippen molar-refractivity contribution in [3.8, 4) is 0 Å². The van der Waals surface area contributed by atoms with Gasteiger partial charge in [-0.25, -0.2) is 0 Å². The van der Waals surface area contributed by atoms with Gasteiger partial charge < -0.3 is 10.2 Å². The molecule has 2 nitrogen and oxygen atoms in total. The van der Waals surface area contributed by atoms with Gasteiger partial charge in [0.2, 0.25) is 0 Å². The standard InChI is InChI=1S/C30H50O2/c1-19-10-15-30(18-31)17-16-28(6)21(25(30)20(19)2)8-9-23-27(5)13-12-24(32)26(3,4)22(27)11-14-29(23,28)7/h8,19-20,22-25,31-32H,9-18H2,1-7H3/t19-,20+,22-,23-,24-,25-,27+,28-,29-,30-/m1/s1. The summed E-state index contributed by atoms with van der Waals surface area (Å²) in [6, 6.07) is 0. The van der Waals surface area contributed by atoms with E-state index in [-0.39, 0.29) is 22.3 Å². The molecule has 0 saturated heterocycles. The predicted molar refractivity (Wildman–Crippen MR) is 132 cm³/mol. The highest BCUT2D eigenvalue weighted by Crippen LogP contribution is 2.75. The fourth-order valence-electron chi connectivity index (χ4n) is 10.9. The molecule has 0 heterocycles. The van der Waals surface area contributed by atoms with Crippen molar-refractivity contribution < 1.29 is 10.2 Å². The van der Waals surface area contributed by atoms with Crippen LogP contribution in [0.5, 0.6) is 0 Å². The zero-order valence-electron chi connectivity index (χ0n) is 22.0. The highest BCUT2D eigenvalue weighted by atomic mass is 16.3. The molecule has 10 atom stereocenters. The maximum Gasteiger partial charge on any atom is 0.0594 e. The summed E-state index contributed by atoms with van der Waals surface area (Å²) in [6.45, 7) is 17.9. The number of hydrogen-bond acceptors (Lipinski definition) is 2. The molecule has 2 N–H and O–H groups in total. The van der Waals surface area contributed by atoms with Crippen LogP contribution in [-0.4, -0.2) is 22.9 Å². The van der Waals surface area contributed by atoms with Crippen molar-refractivity contribution in [1.82, 2.24) is 0 Å². The first-order chi connectivity index (χ1) is 14.9. The molecule has 4 fully saturated rings. The summed E-state index contributed by atoms with van der Waals surface area (Å²) in [5.41, 5.74) is 2.77. The lowest BCUT2D eigenvalue weighted by atomic mass is 9.33. The summed E-state index contributed by atoms with van der Waals surface area (Å²) >= 11 is 0. The Morgan fingerprint density at radius 3 is 2.28 bits per heavy atom. The molecule has 5 aliphatic rings. The van der Waals surface area contributed by atoms with E-state index in [9.17, 15) is 10.2 Å². The Morgan fingerprint density at radius 2 is 1.59 bits per heavy atom. The second-order valence-corrected chi connectivity index (χ2v) is 14.5. The molecule has 0 spiro atoms. The third kappa shape index (κ3) is 2.66. The van der Waals surface area contributed by atoms with Gasteiger partial charge in [-0.1, -0.05) is 60.1 Å². The minimum Gasteiger partial charge on any atom is -0.396 e. The molecule has 0 aromatic rings. The third-order valence-electron chi connectivity index (χ3n) is 13.5. The van der Waals surface area contributed by atoms with Gasteiger partial charge in [-0.2, -0.15) is 0 Å². The first kappa shape index (κ1) is 23.4. The van der Waals surface area contributed by atoms with Crippen LogP contribution in [0, 0.1) is 56.7 Å². The van der Waals surface area contributed by atoms with E-state index in [4.69, 9.17) is 0 Å². The molecule has 0 aromatic heterocycles. The Morgan fingerprint density at radius 1 is 0.875 bits per heavy atom. The number of rotatable bonds is 1. The quantitative estimate of drug-likeness (QED) is 0.429. The molecule has 2 heteroatoms. The average molecular weight is 443 g/mol. The van der Waals surface area contributed by atoms with E-state index in [1.165, 1.54) is 51.4 Å². The molecule has 0 radical (unpaired) electrons. The predicted octanol–water partition coefficient (Wildman–Crippen LogP) is 7.00. The topological polar surface area (TPSA) is 40.5 Å². The van der Waals surface area contributed by atoms with Crippen LogP contribution in [0.4, 0.5) is 0 Å². The van der Waals surface area contributed by atoms with Gasteiger partial charge in [0.25, 0.3) is 0 Å². The van der Waals surface area contributed by atoms with Gasteiger partial charge in [-0.3, -0.25) is 0 Å². The molecule has 4 saturated carbocycles. The van der Waals surface area contributed by atoms with Crippen molar-refractivity contribution >= 4 is 0 Å². The van der Waals surface area contributed by atoms with Gasteiger partial charge in [0.15, 0.2) is 0 Å². The maximum absolute atomic E-state index is 10.9. The highest BCUT2D eigenvalue weighted by Gasteiger charge is 2.68. The van der Waals surface area contributed by atoms with Crippen molar-refractivity contribution in [3.05, 3.63) is 11.6 Å². The van der Waals surface area contributed by atoms with Crippen LogP contribution in [0.25, 0.3) is 0 Å². The number of aliphatic hydroxyl groups is 2. The summed E-state index contributed by atoms with van der Waals surface area (Å²) in [5.74, 6) is 3.29. The van der Waals surface area contributed by atoms with E-state index in [1.807, 2.05) is 0 Å². The second kappa shape index (κ2) is 7.09. The van der Waals surface area contributed by atoms with Gasteiger partial charge in [0, 0.05) is 12.0 Å². The molecule has 5 aliphatic carbocycles. The van der Waals surface area contributed by atoms with Crippen molar-refractivity contribution in [1.29, 1.82) is 0 Å². The largest absolute Gasteiger partial charge is 0.396 e.